The van der Waals surface area contributed by atoms with Crippen molar-refractivity contribution in [2.24, 2.45) is 0 Å². The van der Waals surface area contributed by atoms with Gasteiger partial charge in [-0.25, -0.2) is 0 Å². The van der Waals surface area contributed by atoms with E-state index in [1.54, 1.807) is 0 Å². The standard InChI is InChI=1S/Br3I/c1-4(2)3. The van der Waals surface area contributed by atoms with E-state index in [9.17, 15) is 0 Å². The van der Waals surface area contributed by atoms with Crippen LogP contribution in [0, 0.1) is 0 Å². The number of hydrogen-bond acceptors (Lipinski definition) is 0. The molecule has 4 heavy (non-hydrogen) atoms. The molecule has 0 spiro atoms. The Morgan fingerprint density at radius 3 is 1.00 bits per heavy atom. The Morgan fingerprint density at radius 1 is 1.00 bits per heavy atom. The predicted octanol–water partition coefficient (Wildman–Crippen LogP) is 3.42. The molecule has 0 bridgehead atoms. The summed E-state index contributed by atoms with van der Waals surface area (Å²) in [6, 6.07) is 0. The summed E-state index contributed by atoms with van der Waals surface area (Å²) in [6.45, 7) is 0. The summed E-state index contributed by atoms with van der Waals surface area (Å²) in [7, 11) is 0. The zero-order valence-electron chi connectivity index (χ0n) is 1.51. The third kappa shape index (κ3) is 8.90. The van der Waals surface area contributed by atoms with Crippen LogP contribution in [0.3, 0.4) is 0 Å². The normalized spacial score (nSPS) is 11.2. The van der Waals surface area contributed by atoms with E-state index in [1.807, 2.05) is 0 Å². The summed E-state index contributed by atoms with van der Waals surface area (Å²) in [4.78, 5) is 0. The Labute approximate surface area is 50.3 Å². The zero-order valence-corrected chi connectivity index (χ0v) is 8.43. The number of rotatable bonds is 0. The maximum absolute atomic E-state index is 3.26. The summed E-state index contributed by atoms with van der Waals surface area (Å²) in [5.74, 6) is 0. The molecular weight excluding hydrogens is 367 g/mol. The first-order valence-electron chi connectivity index (χ1n) is 0.429. The molecule has 0 aromatic heterocycles. The molecule has 0 aliphatic rings. The van der Waals surface area contributed by atoms with Gasteiger partial charge in [0.1, 0.15) is 0 Å². The summed E-state index contributed by atoms with van der Waals surface area (Å²) >= 11 is 8.96. The second-order valence-electron chi connectivity index (χ2n) is 0.162. The number of halogens is 4. The second-order valence-corrected chi connectivity index (χ2v) is 29.3. The van der Waals surface area contributed by atoms with E-state index < -0.39 is 13.1 Å². The molecule has 0 unspecified atom stereocenters. The Kier molecular flexibility index (Phi) is 5.19. The molecule has 0 nitrogen and oxygen atoms in total. The van der Waals surface area contributed by atoms with E-state index in [2.05, 4.69) is 38.1 Å². The van der Waals surface area contributed by atoms with Crippen molar-refractivity contribution in [3.63, 3.8) is 0 Å². The predicted molar refractivity (Wildman–Crippen MR) is 40.8 cm³/mol. The Bertz CT molecular complexity index is 8.00. The monoisotopic (exact) mass is 364 g/mol. The van der Waals surface area contributed by atoms with Crippen molar-refractivity contribution in [1.82, 2.24) is 0 Å². The van der Waals surface area contributed by atoms with Crippen molar-refractivity contribution in [1.29, 1.82) is 0 Å². The molecule has 0 N–H and O–H groups in total. The van der Waals surface area contributed by atoms with Gasteiger partial charge in [0.2, 0.25) is 0 Å². The molecule has 0 aliphatic heterocycles. The van der Waals surface area contributed by atoms with Gasteiger partial charge in [-0.2, -0.15) is 0 Å². The van der Waals surface area contributed by atoms with Crippen molar-refractivity contribution < 1.29 is 0 Å². The summed E-state index contributed by atoms with van der Waals surface area (Å²) in [5.41, 5.74) is 0. The van der Waals surface area contributed by atoms with Crippen molar-refractivity contribution in [2.45, 2.75) is 0 Å². The van der Waals surface area contributed by atoms with Gasteiger partial charge in [-0.1, -0.05) is 0 Å². The molecule has 0 aliphatic carbocycles. The van der Waals surface area contributed by atoms with Crippen LogP contribution in [0.2, 0.25) is 0 Å². The Hall–Kier alpha value is 2.17. The molecule has 28 valence electrons. The van der Waals surface area contributed by atoms with E-state index in [0.717, 1.165) is 0 Å². The quantitative estimate of drug-likeness (QED) is 0.576. The Morgan fingerprint density at radius 2 is 1.00 bits per heavy atom. The Balaban J connectivity index is 2.32. The van der Waals surface area contributed by atoms with Crippen molar-refractivity contribution in [3.8, 4) is 0 Å². The maximum atomic E-state index is 3.26. The first kappa shape index (κ1) is 6.17. The van der Waals surface area contributed by atoms with Gasteiger partial charge < -0.3 is 0 Å². The first-order valence-corrected chi connectivity index (χ1v) is 14.9. The molecule has 0 fully saturated rings. The van der Waals surface area contributed by atoms with Crippen molar-refractivity contribution in [3.05, 3.63) is 0 Å². The van der Waals surface area contributed by atoms with Gasteiger partial charge in [-0.3, -0.25) is 0 Å². The summed E-state index contributed by atoms with van der Waals surface area (Å²) in [6.07, 6.45) is 0. The van der Waals surface area contributed by atoms with Gasteiger partial charge in [-0.15, -0.1) is 0 Å². The van der Waals surface area contributed by atoms with Crippen LogP contribution in [0.1, 0.15) is 0 Å². The van der Waals surface area contributed by atoms with Gasteiger partial charge in [0, 0.05) is 0 Å². The molecule has 0 rings (SSSR count). The van der Waals surface area contributed by atoms with Gasteiger partial charge in [0.15, 0.2) is 0 Å². The first-order chi connectivity index (χ1) is 1.73. The molecule has 4 heteroatoms. The fourth-order valence-electron chi connectivity index (χ4n) is 0. The van der Waals surface area contributed by atoms with E-state index in [-0.39, 0.29) is 0 Å². The minimum atomic E-state index is -0.826. The summed E-state index contributed by atoms with van der Waals surface area (Å²) in [5, 5.41) is 0. The SMILES string of the molecule is BrI(Br)Br. The van der Waals surface area contributed by atoms with Crippen LogP contribution in [0.25, 0.3) is 0 Å². The number of hydrogen-bond donors (Lipinski definition) is 0. The molecule has 0 saturated carbocycles. The van der Waals surface area contributed by atoms with Crippen molar-refractivity contribution in [2.75, 3.05) is 0 Å². The van der Waals surface area contributed by atoms with Gasteiger partial charge >= 0.3 is 51.2 Å². The van der Waals surface area contributed by atoms with Crippen LogP contribution in [0.4, 0.5) is 0 Å². The molecular formula is Br3I. The van der Waals surface area contributed by atoms with Crippen LogP contribution >= 0.6 is 51.2 Å². The van der Waals surface area contributed by atoms with Crippen LogP contribution in [0.5, 0.6) is 0 Å². The van der Waals surface area contributed by atoms with Crippen LogP contribution in [-0.4, -0.2) is 0 Å². The topological polar surface area (TPSA) is 0 Å². The van der Waals surface area contributed by atoms with E-state index >= 15 is 0 Å². The van der Waals surface area contributed by atoms with E-state index in [0.29, 0.717) is 0 Å². The minimum absolute atomic E-state index is 0.826. The van der Waals surface area contributed by atoms with Gasteiger partial charge in [0.25, 0.3) is 0 Å². The molecule has 0 radical (unpaired) electrons. The molecule has 0 aromatic rings. The van der Waals surface area contributed by atoms with Crippen LogP contribution in [0.15, 0.2) is 0 Å². The third-order valence-electron chi connectivity index (χ3n) is 0. The van der Waals surface area contributed by atoms with Gasteiger partial charge in [0.05, 0.1) is 0 Å². The van der Waals surface area contributed by atoms with Crippen LogP contribution < -0.4 is 0 Å². The van der Waals surface area contributed by atoms with Crippen molar-refractivity contribution >= 4 is 51.2 Å². The molecule has 0 atom stereocenters. The van der Waals surface area contributed by atoms with Gasteiger partial charge in [-0.05, 0) is 0 Å². The average molecular weight is 367 g/mol. The molecule has 0 amide bonds. The molecule has 0 heterocycles. The zero-order chi connectivity index (χ0) is 3.58. The molecule has 0 saturated heterocycles. The fraction of sp³-hybridized carbons (Fsp3) is 0. The molecule has 0 aromatic carbocycles. The van der Waals surface area contributed by atoms with E-state index in [1.165, 1.54) is 0 Å². The van der Waals surface area contributed by atoms with E-state index in [4.69, 9.17) is 0 Å². The average Bonchev–Trinajstić information content (AvgIpc) is 0.811. The second kappa shape index (κ2) is 3.36. The summed E-state index contributed by atoms with van der Waals surface area (Å²) < 4.78 is 0. The fourth-order valence-corrected chi connectivity index (χ4v) is 0. The third-order valence-corrected chi connectivity index (χ3v) is 0. The van der Waals surface area contributed by atoms with Crippen LogP contribution in [-0.2, 0) is 0 Å².